The minimum Gasteiger partial charge on any atom is -0.462 e. The van der Waals surface area contributed by atoms with Crippen molar-refractivity contribution in [3.05, 3.63) is 48.6 Å². The molecule has 0 bridgehead atoms. The first-order valence-corrected chi connectivity index (χ1v) is 23.2. The van der Waals surface area contributed by atoms with E-state index in [-0.39, 0.29) is 18.9 Å². The molecule has 0 saturated carbocycles. The van der Waals surface area contributed by atoms with Crippen molar-refractivity contribution in [2.45, 2.75) is 161 Å². The van der Waals surface area contributed by atoms with Crippen molar-refractivity contribution in [2.75, 3.05) is 26.4 Å². The van der Waals surface area contributed by atoms with Crippen LogP contribution in [0.1, 0.15) is 143 Å². The first-order valence-electron chi connectivity index (χ1n) is 20.2. The molecule has 0 amide bonds. The third kappa shape index (κ3) is 40.2. The summed E-state index contributed by atoms with van der Waals surface area (Å²) >= 11 is 0. The molecule has 56 heavy (non-hydrogen) atoms. The number of hydrogen-bond donors (Lipinski definition) is 5. The van der Waals surface area contributed by atoms with E-state index in [1.54, 1.807) is 6.92 Å². The van der Waals surface area contributed by atoms with Crippen molar-refractivity contribution < 1.29 is 66.7 Å². The fourth-order valence-electron chi connectivity index (χ4n) is 5.07. The number of unbranched alkanes of at least 4 members (excludes halogenated alkanes) is 9. The molecule has 0 fully saturated rings. The van der Waals surface area contributed by atoms with E-state index >= 15 is 0 Å². The number of rotatable bonds is 37. The summed E-state index contributed by atoms with van der Waals surface area (Å²) in [6.45, 7) is 3.48. The molecule has 0 spiro atoms. The minimum atomic E-state index is -4.87. The van der Waals surface area contributed by atoms with E-state index in [0.29, 0.717) is 19.3 Å². The van der Waals surface area contributed by atoms with Crippen LogP contribution < -0.4 is 0 Å². The zero-order valence-electron chi connectivity index (χ0n) is 34.0. The topological polar surface area (TPSA) is 216 Å². The molecule has 0 aromatic rings. The van der Waals surface area contributed by atoms with E-state index in [1.807, 2.05) is 12.2 Å². The number of phosphoric ester groups is 2. The molecular weight excluding hydrogens is 766 g/mol. The van der Waals surface area contributed by atoms with Gasteiger partial charge in [0.05, 0.1) is 25.9 Å². The highest BCUT2D eigenvalue weighted by molar-refractivity contribution is 7.47. The van der Waals surface area contributed by atoms with E-state index in [2.05, 4.69) is 59.4 Å². The summed E-state index contributed by atoms with van der Waals surface area (Å²) in [6.07, 6.45) is 29.9. The van der Waals surface area contributed by atoms with Crippen molar-refractivity contribution in [2.24, 2.45) is 5.92 Å². The Morgan fingerprint density at radius 2 is 1.04 bits per heavy atom. The molecule has 0 aromatic carbocycles. The maximum Gasteiger partial charge on any atom is 0.472 e. The Bertz CT molecular complexity index is 1210. The van der Waals surface area contributed by atoms with Gasteiger partial charge in [-0.2, -0.15) is 0 Å². The average molecular weight is 839 g/mol. The van der Waals surface area contributed by atoms with Gasteiger partial charge in [0.2, 0.25) is 0 Å². The largest absolute Gasteiger partial charge is 0.472 e. The number of esters is 2. The third-order valence-electron chi connectivity index (χ3n) is 8.16. The Balaban J connectivity index is 4.66. The lowest BCUT2D eigenvalue weighted by Gasteiger charge is -2.20. The Labute approximate surface area is 335 Å². The smallest absolute Gasteiger partial charge is 0.462 e. The fraction of sp³-hybridized carbons (Fsp3) is 0.750. The zero-order chi connectivity index (χ0) is 41.9. The van der Waals surface area contributed by atoms with Crippen LogP contribution in [0.25, 0.3) is 0 Å². The van der Waals surface area contributed by atoms with Crippen LogP contribution in [-0.4, -0.2) is 81.6 Å². The van der Waals surface area contributed by atoms with Crippen LogP contribution in [0.3, 0.4) is 0 Å². The van der Waals surface area contributed by atoms with Gasteiger partial charge in [0.15, 0.2) is 6.10 Å². The molecule has 0 radical (unpaired) electrons. The summed E-state index contributed by atoms with van der Waals surface area (Å²) in [5, 5.41) is 19.0. The van der Waals surface area contributed by atoms with Gasteiger partial charge in [0.25, 0.3) is 0 Å². The maximum atomic E-state index is 12.6. The number of allylic oxidation sites excluding steroid dienone is 8. The normalized spacial score (nSPS) is 15.3. The second-order valence-electron chi connectivity index (χ2n) is 14.3. The molecule has 1 unspecified atom stereocenters. The molecule has 14 nitrogen and oxygen atoms in total. The standard InChI is InChI=1S/C40H72O14P2/c1-35(2)27-23-19-15-13-14-17-21-25-29-39(43)50-33-38(34-53-56(48,49)52-32-37(42)31-51-55(45,46)47)54-40(44)30-26-22-18-12-10-8-6-4-5-7-9-11-16-20-24-28-36(3)41/h5-8,11-12,16,18,35-38,41-42H,4,9-10,13-15,17,19-34H2,1-3H3,(H,48,49)(H2,45,46,47)/b7-5-,8-6-,16-11-,18-12-/t36-,37-,38+/m0/s1. The summed E-state index contributed by atoms with van der Waals surface area (Å²) in [5.74, 6) is -0.382. The lowest BCUT2D eigenvalue weighted by atomic mass is 10.0. The van der Waals surface area contributed by atoms with E-state index < -0.39 is 66.2 Å². The number of carbonyl (C=O) groups is 2. The van der Waals surface area contributed by atoms with Crippen molar-refractivity contribution in [3.8, 4) is 0 Å². The number of aliphatic hydroxyl groups is 2. The average Bonchev–Trinajstić information content (AvgIpc) is 3.12. The highest BCUT2D eigenvalue weighted by atomic mass is 31.2. The van der Waals surface area contributed by atoms with E-state index in [1.165, 1.54) is 32.1 Å². The van der Waals surface area contributed by atoms with Crippen LogP contribution in [0.4, 0.5) is 0 Å². The zero-order valence-corrected chi connectivity index (χ0v) is 35.8. The molecule has 0 aromatic heterocycles. The third-order valence-corrected chi connectivity index (χ3v) is 9.59. The number of phosphoric acid groups is 2. The van der Waals surface area contributed by atoms with Gasteiger partial charge in [-0.25, -0.2) is 9.13 Å². The number of ether oxygens (including phenoxy) is 2. The number of carbonyl (C=O) groups excluding carboxylic acids is 2. The van der Waals surface area contributed by atoms with Crippen LogP contribution in [0, 0.1) is 5.92 Å². The van der Waals surface area contributed by atoms with Gasteiger partial charge in [0.1, 0.15) is 12.7 Å². The van der Waals surface area contributed by atoms with E-state index in [0.717, 1.165) is 63.7 Å². The van der Waals surface area contributed by atoms with Gasteiger partial charge in [0, 0.05) is 12.8 Å². The van der Waals surface area contributed by atoms with Crippen LogP contribution >= 0.6 is 15.6 Å². The summed E-state index contributed by atoms with van der Waals surface area (Å²) in [6, 6.07) is 0. The molecule has 0 heterocycles. The maximum absolute atomic E-state index is 12.6. The second-order valence-corrected chi connectivity index (χ2v) is 17.0. The van der Waals surface area contributed by atoms with Crippen molar-refractivity contribution >= 4 is 27.6 Å². The number of aliphatic hydroxyl groups excluding tert-OH is 2. The molecular formula is C40H72O14P2. The molecule has 326 valence electrons. The molecule has 0 rings (SSSR count). The highest BCUT2D eigenvalue weighted by Gasteiger charge is 2.28. The first kappa shape index (κ1) is 54.0. The summed E-state index contributed by atoms with van der Waals surface area (Å²) < 4.78 is 47.6. The predicted octanol–water partition coefficient (Wildman–Crippen LogP) is 8.72. The van der Waals surface area contributed by atoms with Gasteiger partial charge in [-0.05, 0) is 70.6 Å². The summed E-state index contributed by atoms with van der Waals surface area (Å²) in [5.41, 5.74) is 0. The fourth-order valence-corrected chi connectivity index (χ4v) is 6.23. The van der Waals surface area contributed by atoms with Crippen molar-refractivity contribution in [1.82, 2.24) is 0 Å². The first-order chi connectivity index (χ1) is 26.6. The lowest BCUT2D eigenvalue weighted by Crippen LogP contribution is -2.29. The summed E-state index contributed by atoms with van der Waals surface area (Å²) in [7, 11) is -9.69. The Morgan fingerprint density at radius 3 is 1.59 bits per heavy atom. The lowest BCUT2D eigenvalue weighted by molar-refractivity contribution is -0.161. The molecule has 0 saturated heterocycles. The minimum absolute atomic E-state index is 0.0429. The monoisotopic (exact) mass is 838 g/mol. The van der Waals surface area contributed by atoms with Gasteiger partial charge >= 0.3 is 27.6 Å². The molecule has 0 aliphatic rings. The van der Waals surface area contributed by atoms with Gasteiger partial charge in [-0.3, -0.25) is 23.2 Å². The van der Waals surface area contributed by atoms with Crippen LogP contribution in [0.5, 0.6) is 0 Å². The quantitative estimate of drug-likeness (QED) is 0.0171. The summed E-state index contributed by atoms with van der Waals surface area (Å²) in [4.78, 5) is 52.5. The Morgan fingerprint density at radius 1 is 0.554 bits per heavy atom. The second kappa shape index (κ2) is 35.0. The van der Waals surface area contributed by atoms with Gasteiger partial charge < -0.3 is 34.4 Å². The van der Waals surface area contributed by atoms with Crippen LogP contribution in [0.2, 0.25) is 0 Å². The van der Waals surface area contributed by atoms with Crippen molar-refractivity contribution in [3.63, 3.8) is 0 Å². The molecule has 5 N–H and O–H groups in total. The Kier molecular flexibility index (Phi) is 33.8. The van der Waals surface area contributed by atoms with Crippen LogP contribution in [-0.2, 0) is 41.8 Å². The highest BCUT2D eigenvalue weighted by Crippen LogP contribution is 2.43. The van der Waals surface area contributed by atoms with Crippen LogP contribution in [0.15, 0.2) is 48.6 Å². The molecule has 16 heteroatoms. The van der Waals surface area contributed by atoms with Crippen molar-refractivity contribution in [1.29, 1.82) is 0 Å². The number of hydrogen-bond acceptors (Lipinski definition) is 11. The molecule has 0 aliphatic heterocycles. The van der Waals surface area contributed by atoms with Gasteiger partial charge in [-0.15, -0.1) is 0 Å². The SMILES string of the molecule is CC(C)CCCCCCCCCCC(=O)OC[C@H](COP(=O)(O)OC[C@@H](O)COP(=O)(O)O)OC(=O)CCC/C=C\C/C=C\C/C=C\C/C=C\CCC[C@H](C)O. The Hall–Kier alpha value is -1.96. The van der Waals surface area contributed by atoms with E-state index in [4.69, 9.17) is 23.8 Å². The van der Waals surface area contributed by atoms with E-state index in [9.17, 15) is 33.8 Å². The predicted molar refractivity (Wildman–Crippen MR) is 217 cm³/mol. The van der Waals surface area contributed by atoms with Gasteiger partial charge in [-0.1, -0.05) is 114 Å². The molecule has 4 atom stereocenters. The molecule has 0 aliphatic carbocycles.